The number of hydrogen-bond donors (Lipinski definition) is 2. The summed E-state index contributed by atoms with van der Waals surface area (Å²) in [5, 5.41) is 3.56. The van der Waals surface area contributed by atoms with Gasteiger partial charge in [-0.1, -0.05) is 37.5 Å². The van der Waals surface area contributed by atoms with E-state index in [1.54, 1.807) is 6.07 Å². The fraction of sp³-hybridized carbons (Fsp3) is 0.562. The lowest BCUT2D eigenvalue weighted by atomic mass is 9.84. The second kappa shape index (κ2) is 6.71. The second-order valence-electron chi connectivity index (χ2n) is 5.59. The Morgan fingerprint density at radius 1 is 1.32 bits per heavy atom. The van der Waals surface area contributed by atoms with Crippen molar-refractivity contribution in [1.82, 2.24) is 5.32 Å². The van der Waals surface area contributed by atoms with Crippen LogP contribution in [0.1, 0.15) is 54.9 Å². The molecule has 3 nitrogen and oxygen atoms in total. The highest BCUT2D eigenvalue weighted by Crippen LogP contribution is 2.26. The summed E-state index contributed by atoms with van der Waals surface area (Å²) in [5.74, 6) is 0.428. The fourth-order valence-corrected chi connectivity index (χ4v) is 2.99. The largest absolute Gasteiger partial charge is 0.366 e. The summed E-state index contributed by atoms with van der Waals surface area (Å²) in [6, 6.07) is 8.08. The molecule has 1 aliphatic rings. The average molecular weight is 260 g/mol. The van der Waals surface area contributed by atoms with Crippen LogP contribution in [0.5, 0.6) is 0 Å². The zero-order chi connectivity index (χ0) is 13.7. The molecule has 1 amide bonds. The van der Waals surface area contributed by atoms with Gasteiger partial charge < -0.3 is 11.1 Å². The standard InChI is InChI=1S/C16H24N2O/c1-12(13-7-3-2-4-8-13)18-11-14-9-5-6-10-15(14)16(17)19/h5-6,9-10,12-13,18H,2-4,7-8,11H2,1H3,(H2,17,19)/t12-/m1/s1. The number of amides is 1. The monoisotopic (exact) mass is 260 g/mol. The molecule has 1 fully saturated rings. The maximum Gasteiger partial charge on any atom is 0.249 e. The molecule has 0 heterocycles. The van der Waals surface area contributed by atoms with Gasteiger partial charge in [-0.15, -0.1) is 0 Å². The molecule has 0 aliphatic heterocycles. The van der Waals surface area contributed by atoms with Crippen LogP contribution >= 0.6 is 0 Å². The lowest BCUT2D eigenvalue weighted by molar-refractivity contribution is 0.0999. The van der Waals surface area contributed by atoms with Crippen molar-refractivity contribution in [3.8, 4) is 0 Å². The van der Waals surface area contributed by atoms with E-state index in [0.717, 1.165) is 18.0 Å². The van der Waals surface area contributed by atoms with Crippen molar-refractivity contribution < 1.29 is 4.79 Å². The summed E-state index contributed by atoms with van der Waals surface area (Å²) in [4.78, 5) is 11.4. The van der Waals surface area contributed by atoms with Crippen LogP contribution in [-0.4, -0.2) is 11.9 Å². The molecule has 2 rings (SSSR count). The molecule has 104 valence electrons. The van der Waals surface area contributed by atoms with Crippen molar-refractivity contribution in [3.63, 3.8) is 0 Å². The number of benzene rings is 1. The van der Waals surface area contributed by atoms with E-state index in [-0.39, 0.29) is 5.91 Å². The molecule has 0 aromatic heterocycles. The molecule has 1 atom stereocenters. The molecule has 1 saturated carbocycles. The van der Waals surface area contributed by atoms with Crippen molar-refractivity contribution in [2.75, 3.05) is 0 Å². The van der Waals surface area contributed by atoms with E-state index in [1.165, 1.54) is 32.1 Å². The summed E-state index contributed by atoms with van der Waals surface area (Å²) in [6.45, 7) is 2.97. The third kappa shape index (κ3) is 3.80. The lowest BCUT2D eigenvalue weighted by Crippen LogP contribution is -2.34. The smallest absolute Gasteiger partial charge is 0.249 e. The first kappa shape index (κ1) is 14.1. The third-order valence-electron chi connectivity index (χ3n) is 4.25. The van der Waals surface area contributed by atoms with Crippen LogP contribution in [0.4, 0.5) is 0 Å². The van der Waals surface area contributed by atoms with Crippen LogP contribution in [0.3, 0.4) is 0 Å². The van der Waals surface area contributed by atoms with Crippen LogP contribution in [0, 0.1) is 5.92 Å². The van der Waals surface area contributed by atoms with Crippen LogP contribution in [-0.2, 0) is 6.54 Å². The molecule has 0 radical (unpaired) electrons. The molecule has 3 N–H and O–H groups in total. The molecule has 0 unspecified atom stereocenters. The Kier molecular flexibility index (Phi) is 4.97. The summed E-state index contributed by atoms with van der Waals surface area (Å²) < 4.78 is 0. The van der Waals surface area contributed by atoms with Crippen molar-refractivity contribution in [1.29, 1.82) is 0 Å². The quantitative estimate of drug-likeness (QED) is 0.855. The van der Waals surface area contributed by atoms with Gasteiger partial charge in [-0.05, 0) is 37.3 Å². The summed E-state index contributed by atoms with van der Waals surface area (Å²) in [5.41, 5.74) is 7.03. The predicted molar refractivity (Wildman–Crippen MR) is 77.8 cm³/mol. The van der Waals surface area contributed by atoms with Gasteiger partial charge in [0, 0.05) is 18.2 Å². The number of carbonyl (C=O) groups excluding carboxylic acids is 1. The van der Waals surface area contributed by atoms with E-state index < -0.39 is 0 Å². The van der Waals surface area contributed by atoms with Crippen LogP contribution in [0.25, 0.3) is 0 Å². The predicted octanol–water partition coefficient (Wildman–Crippen LogP) is 2.84. The van der Waals surface area contributed by atoms with Gasteiger partial charge >= 0.3 is 0 Å². The van der Waals surface area contributed by atoms with Gasteiger partial charge in [0.2, 0.25) is 5.91 Å². The fourth-order valence-electron chi connectivity index (χ4n) is 2.99. The van der Waals surface area contributed by atoms with Gasteiger partial charge in [-0.25, -0.2) is 0 Å². The zero-order valence-corrected chi connectivity index (χ0v) is 11.7. The highest BCUT2D eigenvalue weighted by atomic mass is 16.1. The van der Waals surface area contributed by atoms with Crippen molar-refractivity contribution in [3.05, 3.63) is 35.4 Å². The van der Waals surface area contributed by atoms with E-state index >= 15 is 0 Å². The minimum absolute atomic E-state index is 0.345. The van der Waals surface area contributed by atoms with Gasteiger partial charge in [0.25, 0.3) is 0 Å². The maximum atomic E-state index is 11.4. The van der Waals surface area contributed by atoms with Gasteiger partial charge in [0.05, 0.1) is 0 Å². The minimum Gasteiger partial charge on any atom is -0.366 e. The molecule has 3 heteroatoms. The normalized spacial score (nSPS) is 18.2. The topological polar surface area (TPSA) is 55.1 Å². The molecule has 1 aliphatic carbocycles. The number of nitrogens with two attached hydrogens (primary N) is 1. The first-order valence-corrected chi connectivity index (χ1v) is 7.29. The Labute approximate surface area is 115 Å². The second-order valence-corrected chi connectivity index (χ2v) is 5.59. The molecule has 0 saturated heterocycles. The summed E-state index contributed by atoms with van der Waals surface area (Å²) in [7, 11) is 0. The van der Waals surface area contributed by atoms with E-state index in [0.29, 0.717) is 11.6 Å². The highest BCUT2D eigenvalue weighted by molar-refractivity contribution is 5.94. The third-order valence-corrected chi connectivity index (χ3v) is 4.25. The Hall–Kier alpha value is -1.35. The number of nitrogens with one attached hydrogen (secondary N) is 1. The first-order valence-electron chi connectivity index (χ1n) is 7.29. The lowest BCUT2D eigenvalue weighted by Gasteiger charge is -2.28. The Bertz CT molecular complexity index is 425. The van der Waals surface area contributed by atoms with Gasteiger partial charge in [0.1, 0.15) is 0 Å². The Balaban J connectivity index is 1.92. The molecule has 1 aromatic rings. The molecular weight excluding hydrogens is 236 g/mol. The summed E-state index contributed by atoms with van der Waals surface area (Å²) in [6.07, 6.45) is 6.74. The van der Waals surface area contributed by atoms with Crippen molar-refractivity contribution in [2.45, 2.75) is 51.6 Å². The first-order chi connectivity index (χ1) is 9.18. The van der Waals surface area contributed by atoms with Gasteiger partial charge in [-0.3, -0.25) is 4.79 Å². The van der Waals surface area contributed by atoms with Crippen molar-refractivity contribution >= 4 is 5.91 Å². The van der Waals surface area contributed by atoms with Gasteiger partial charge in [0.15, 0.2) is 0 Å². The maximum absolute atomic E-state index is 11.4. The molecule has 1 aromatic carbocycles. The van der Waals surface area contributed by atoms with E-state index in [1.807, 2.05) is 18.2 Å². The van der Waals surface area contributed by atoms with Crippen LogP contribution in [0.2, 0.25) is 0 Å². The zero-order valence-electron chi connectivity index (χ0n) is 11.7. The average Bonchev–Trinajstić information content (AvgIpc) is 2.46. The SMILES string of the molecule is C[C@@H](NCc1ccccc1C(N)=O)C1CCCCC1. The minimum atomic E-state index is -0.345. The van der Waals surface area contributed by atoms with Crippen LogP contribution in [0.15, 0.2) is 24.3 Å². The number of carbonyl (C=O) groups is 1. The van der Waals surface area contributed by atoms with Crippen LogP contribution < -0.4 is 11.1 Å². The van der Waals surface area contributed by atoms with Crippen molar-refractivity contribution in [2.24, 2.45) is 11.7 Å². The molecule has 19 heavy (non-hydrogen) atoms. The molecule has 0 bridgehead atoms. The van der Waals surface area contributed by atoms with E-state index in [4.69, 9.17) is 5.73 Å². The summed E-state index contributed by atoms with van der Waals surface area (Å²) >= 11 is 0. The molecular formula is C16H24N2O. The van der Waals surface area contributed by atoms with E-state index in [9.17, 15) is 4.79 Å². The highest BCUT2D eigenvalue weighted by Gasteiger charge is 2.19. The number of hydrogen-bond acceptors (Lipinski definition) is 2. The van der Waals surface area contributed by atoms with E-state index in [2.05, 4.69) is 12.2 Å². The number of rotatable bonds is 5. The molecule has 0 spiro atoms. The number of primary amides is 1. The Morgan fingerprint density at radius 3 is 2.68 bits per heavy atom. The van der Waals surface area contributed by atoms with Gasteiger partial charge in [-0.2, -0.15) is 0 Å². The Morgan fingerprint density at radius 2 is 2.00 bits per heavy atom.